The molecule has 1 aliphatic rings. The normalized spacial score (nSPS) is 21.7. The van der Waals surface area contributed by atoms with Gasteiger partial charge in [-0.1, -0.05) is 19.3 Å². The molecule has 1 N–H and O–H groups in total. The molecule has 0 spiro atoms. The molecular weight excluding hydrogens is 196 g/mol. The molecule has 0 aromatic heterocycles. The zero-order valence-electron chi connectivity index (χ0n) is 9.28. The predicted octanol–water partition coefficient (Wildman–Crippen LogP) is 1.83. The molecular formula is C11H18O4. The summed E-state index contributed by atoms with van der Waals surface area (Å²) in [5.41, 5.74) is -1.37. The van der Waals surface area contributed by atoms with E-state index in [-0.39, 0.29) is 5.92 Å². The summed E-state index contributed by atoms with van der Waals surface area (Å²) in [6, 6.07) is 0. The number of carbonyl (C=O) groups excluding carboxylic acids is 1. The summed E-state index contributed by atoms with van der Waals surface area (Å²) < 4.78 is 4.61. The molecule has 4 heteroatoms. The largest absolute Gasteiger partial charge is 0.480 e. The van der Waals surface area contributed by atoms with Crippen molar-refractivity contribution < 1.29 is 19.4 Å². The Labute approximate surface area is 89.6 Å². The van der Waals surface area contributed by atoms with E-state index >= 15 is 0 Å². The summed E-state index contributed by atoms with van der Waals surface area (Å²) in [4.78, 5) is 22.8. The van der Waals surface area contributed by atoms with E-state index in [4.69, 9.17) is 0 Å². The van der Waals surface area contributed by atoms with Crippen LogP contribution in [0.1, 0.15) is 39.0 Å². The lowest BCUT2D eigenvalue weighted by molar-refractivity contribution is -0.171. The molecule has 15 heavy (non-hydrogen) atoms. The summed E-state index contributed by atoms with van der Waals surface area (Å²) in [7, 11) is 1.24. The van der Waals surface area contributed by atoms with Crippen molar-refractivity contribution in [3.05, 3.63) is 0 Å². The van der Waals surface area contributed by atoms with E-state index in [1.165, 1.54) is 14.0 Å². The van der Waals surface area contributed by atoms with Crippen molar-refractivity contribution in [2.75, 3.05) is 7.11 Å². The fourth-order valence-electron chi connectivity index (χ4n) is 2.32. The fourth-order valence-corrected chi connectivity index (χ4v) is 2.32. The zero-order chi connectivity index (χ0) is 11.5. The van der Waals surface area contributed by atoms with Crippen molar-refractivity contribution in [3.8, 4) is 0 Å². The second-order valence-corrected chi connectivity index (χ2v) is 4.33. The van der Waals surface area contributed by atoms with Gasteiger partial charge in [-0.2, -0.15) is 0 Å². The minimum Gasteiger partial charge on any atom is -0.480 e. The van der Waals surface area contributed by atoms with Crippen LogP contribution in [-0.4, -0.2) is 24.2 Å². The van der Waals surface area contributed by atoms with Gasteiger partial charge < -0.3 is 9.84 Å². The summed E-state index contributed by atoms with van der Waals surface area (Å²) in [6.45, 7) is 1.48. The van der Waals surface area contributed by atoms with Crippen LogP contribution in [-0.2, 0) is 14.3 Å². The summed E-state index contributed by atoms with van der Waals surface area (Å²) in [5.74, 6) is -1.78. The van der Waals surface area contributed by atoms with Gasteiger partial charge in [0.15, 0.2) is 5.41 Å². The number of esters is 1. The van der Waals surface area contributed by atoms with Crippen LogP contribution in [0.4, 0.5) is 0 Å². The fraction of sp³-hybridized carbons (Fsp3) is 0.818. The van der Waals surface area contributed by atoms with E-state index in [1.807, 2.05) is 0 Å². The van der Waals surface area contributed by atoms with Crippen molar-refractivity contribution in [3.63, 3.8) is 0 Å². The van der Waals surface area contributed by atoms with Crippen LogP contribution in [0.5, 0.6) is 0 Å². The third-order valence-corrected chi connectivity index (χ3v) is 3.48. The Morgan fingerprint density at radius 3 is 2.20 bits per heavy atom. The highest BCUT2D eigenvalue weighted by Gasteiger charge is 2.49. The molecule has 1 aliphatic carbocycles. The van der Waals surface area contributed by atoms with E-state index in [0.29, 0.717) is 0 Å². The number of ether oxygens (including phenoxy) is 1. The van der Waals surface area contributed by atoms with Crippen molar-refractivity contribution in [1.29, 1.82) is 0 Å². The second kappa shape index (κ2) is 4.64. The van der Waals surface area contributed by atoms with E-state index in [1.54, 1.807) is 0 Å². The second-order valence-electron chi connectivity index (χ2n) is 4.33. The Morgan fingerprint density at radius 2 is 1.80 bits per heavy atom. The molecule has 0 saturated heterocycles. The van der Waals surface area contributed by atoms with Gasteiger partial charge in [0.2, 0.25) is 0 Å². The third-order valence-electron chi connectivity index (χ3n) is 3.48. The van der Waals surface area contributed by atoms with Crippen LogP contribution < -0.4 is 0 Å². The Hall–Kier alpha value is -1.06. The number of methoxy groups -OCH3 is 1. The highest BCUT2D eigenvalue weighted by molar-refractivity contribution is 5.99. The van der Waals surface area contributed by atoms with Crippen LogP contribution in [0.3, 0.4) is 0 Å². The number of hydrogen-bond donors (Lipinski definition) is 1. The first kappa shape index (κ1) is 12.0. The van der Waals surface area contributed by atoms with Gasteiger partial charge in [0.05, 0.1) is 7.11 Å². The quantitative estimate of drug-likeness (QED) is 0.575. The van der Waals surface area contributed by atoms with E-state index in [0.717, 1.165) is 32.1 Å². The lowest BCUT2D eigenvalue weighted by Gasteiger charge is -2.33. The summed E-state index contributed by atoms with van der Waals surface area (Å²) >= 11 is 0. The maximum atomic E-state index is 11.6. The Bertz CT molecular complexity index is 255. The van der Waals surface area contributed by atoms with Gasteiger partial charge in [-0.25, -0.2) is 0 Å². The average Bonchev–Trinajstić information content (AvgIpc) is 2.27. The van der Waals surface area contributed by atoms with E-state index < -0.39 is 17.4 Å². The number of carbonyl (C=O) groups is 2. The average molecular weight is 214 g/mol. The molecule has 86 valence electrons. The van der Waals surface area contributed by atoms with Crippen LogP contribution in [0.15, 0.2) is 0 Å². The van der Waals surface area contributed by atoms with Gasteiger partial charge in [-0.05, 0) is 25.7 Å². The van der Waals surface area contributed by atoms with Gasteiger partial charge >= 0.3 is 11.9 Å². The molecule has 4 nitrogen and oxygen atoms in total. The topological polar surface area (TPSA) is 63.6 Å². The molecule has 0 aromatic carbocycles. The van der Waals surface area contributed by atoms with Crippen molar-refractivity contribution in [2.45, 2.75) is 39.0 Å². The molecule has 0 aromatic rings. The maximum Gasteiger partial charge on any atom is 0.323 e. The highest BCUT2D eigenvalue weighted by Crippen LogP contribution is 2.39. The van der Waals surface area contributed by atoms with Crippen molar-refractivity contribution in [2.24, 2.45) is 11.3 Å². The van der Waals surface area contributed by atoms with E-state index in [9.17, 15) is 14.7 Å². The minimum absolute atomic E-state index is 0.0869. The SMILES string of the molecule is COC(=O)[C@@](C)(C(=O)O)C1CCCCC1. The predicted molar refractivity (Wildman–Crippen MR) is 54.3 cm³/mol. The molecule has 0 aliphatic heterocycles. The summed E-state index contributed by atoms with van der Waals surface area (Å²) in [5, 5.41) is 9.19. The highest BCUT2D eigenvalue weighted by atomic mass is 16.5. The molecule has 1 rings (SSSR count). The Balaban J connectivity index is 2.88. The summed E-state index contributed by atoms with van der Waals surface area (Å²) in [6.07, 6.45) is 4.75. The van der Waals surface area contributed by atoms with Crippen LogP contribution in [0, 0.1) is 11.3 Å². The molecule has 0 amide bonds. The number of aliphatic carboxylic acids is 1. The van der Waals surface area contributed by atoms with Crippen LogP contribution in [0.25, 0.3) is 0 Å². The molecule has 1 saturated carbocycles. The minimum atomic E-state index is -1.37. The number of carboxylic acids is 1. The molecule has 0 unspecified atom stereocenters. The first-order chi connectivity index (χ1) is 7.03. The lowest BCUT2D eigenvalue weighted by Crippen LogP contribution is -2.44. The first-order valence-electron chi connectivity index (χ1n) is 5.35. The van der Waals surface area contributed by atoms with Gasteiger partial charge in [-0.3, -0.25) is 9.59 Å². The zero-order valence-corrected chi connectivity index (χ0v) is 9.28. The maximum absolute atomic E-state index is 11.6. The van der Waals surface area contributed by atoms with Crippen molar-refractivity contribution in [1.82, 2.24) is 0 Å². The van der Waals surface area contributed by atoms with E-state index in [2.05, 4.69) is 4.74 Å². The van der Waals surface area contributed by atoms with Gasteiger partial charge in [0, 0.05) is 0 Å². The monoisotopic (exact) mass is 214 g/mol. The Morgan fingerprint density at radius 1 is 1.27 bits per heavy atom. The number of hydrogen-bond acceptors (Lipinski definition) is 3. The molecule has 1 atom stereocenters. The number of carboxylic acid groups (broad SMARTS) is 1. The standard InChI is InChI=1S/C11H18O4/c1-11(9(12)13,10(14)15-2)8-6-4-3-5-7-8/h8H,3-7H2,1-2H3,(H,12,13)/t11-/m1/s1. The third kappa shape index (κ3) is 2.13. The Kier molecular flexibility index (Phi) is 3.72. The van der Waals surface area contributed by atoms with Crippen LogP contribution >= 0.6 is 0 Å². The number of rotatable bonds is 3. The lowest BCUT2D eigenvalue weighted by atomic mass is 9.70. The van der Waals surface area contributed by atoms with Gasteiger partial charge in [-0.15, -0.1) is 0 Å². The first-order valence-corrected chi connectivity index (χ1v) is 5.35. The molecule has 1 fully saturated rings. The molecule has 0 radical (unpaired) electrons. The van der Waals surface area contributed by atoms with Crippen LogP contribution in [0.2, 0.25) is 0 Å². The van der Waals surface area contributed by atoms with Gasteiger partial charge in [0.25, 0.3) is 0 Å². The molecule has 0 bridgehead atoms. The molecule has 0 heterocycles. The van der Waals surface area contributed by atoms with Gasteiger partial charge in [0.1, 0.15) is 0 Å². The van der Waals surface area contributed by atoms with Crippen molar-refractivity contribution >= 4 is 11.9 Å². The smallest absolute Gasteiger partial charge is 0.323 e.